The quantitative estimate of drug-likeness (QED) is 0.730. The van der Waals surface area contributed by atoms with Crippen LogP contribution in [0.4, 0.5) is 16.2 Å². The Labute approximate surface area is 155 Å². The fraction of sp³-hybridized carbons (Fsp3) is 0.471. The molecule has 2 aliphatic rings. The molecule has 0 aliphatic carbocycles. The summed E-state index contributed by atoms with van der Waals surface area (Å²) in [5, 5.41) is 21.9. The van der Waals surface area contributed by atoms with E-state index in [1.807, 2.05) is 4.90 Å². The molecule has 0 atom stereocenters. The van der Waals surface area contributed by atoms with Gasteiger partial charge in [-0.05, 0) is 31.0 Å². The predicted octanol–water partition coefficient (Wildman–Crippen LogP) is 1.59. The Morgan fingerprint density at radius 3 is 2.50 bits per heavy atom. The lowest BCUT2D eigenvalue weighted by Crippen LogP contribution is -2.49. The number of halogens is 1. The molecule has 3 rings (SSSR count). The molecule has 2 heterocycles. The zero-order valence-corrected chi connectivity index (χ0v) is 14.8. The van der Waals surface area contributed by atoms with Crippen LogP contribution >= 0.6 is 11.6 Å². The van der Waals surface area contributed by atoms with Crippen LogP contribution in [0.25, 0.3) is 0 Å². The maximum absolute atomic E-state index is 11.9. The number of benzene rings is 1. The van der Waals surface area contributed by atoms with Gasteiger partial charge in [0.15, 0.2) is 0 Å². The monoisotopic (exact) mass is 381 g/mol. The molecule has 1 aromatic rings. The summed E-state index contributed by atoms with van der Waals surface area (Å²) in [5.74, 6) is -1.31. The van der Waals surface area contributed by atoms with Crippen molar-refractivity contribution in [2.75, 3.05) is 29.4 Å². The number of nitrogens with zero attached hydrogens (tertiary/aromatic N) is 2. The summed E-state index contributed by atoms with van der Waals surface area (Å²) in [5.41, 5.74) is 0.178. The summed E-state index contributed by atoms with van der Waals surface area (Å²) in [6.45, 7) is 1.27. The van der Waals surface area contributed by atoms with Gasteiger partial charge in [-0.1, -0.05) is 11.6 Å². The fourth-order valence-corrected chi connectivity index (χ4v) is 3.65. The van der Waals surface area contributed by atoms with Gasteiger partial charge in [0.2, 0.25) is 5.91 Å². The second kappa shape index (κ2) is 7.13. The normalized spacial score (nSPS) is 20.1. The van der Waals surface area contributed by atoms with Crippen LogP contribution in [0.15, 0.2) is 18.2 Å². The number of imide groups is 1. The highest BCUT2D eigenvalue weighted by molar-refractivity contribution is 6.33. The van der Waals surface area contributed by atoms with Crippen molar-refractivity contribution in [3.63, 3.8) is 0 Å². The minimum absolute atomic E-state index is 0.236. The number of rotatable bonds is 4. The fourth-order valence-electron chi connectivity index (χ4n) is 3.35. The number of nitrogens with one attached hydrogen (secondary N) is 1. The van der Waals surface area contributed by atoms with Gasteiger partial charge >= 0.3 is 12.0 Å². The van der Waals surface area contributed by atoms with E-state index in [-0.39, 0.29) is 18.7 Å². The van der Waals surface area contributed by atoms with Gasteiger partial charge in [0, 0.05) is 31.7 Å². The number of hydrogen-bond donors (Lipinski definition) is 3. The molecular weight excluding hydrogens is 362 g/mol. The van der Waals surface area contributed by atoms with Crippen molar-refractivity contribution in [1.29, 1.82) is 0 Å². The van der Waals surface area contributed by atoms with Crippen LogP contribution < -0.4 is 15.1 Å². The smallest absolute Gasteiger partial charge is 0.328 e. The molecule has 0 saturated carbocycles. The number of piperidine rings is 1. The van der Waals surface area contributed by atoms with Crippen LogP contribution in [-0.2, 0) is 9.59 Å². The molecule has 2 saturated heterocycles. The van der Waals surface area contributed by atoms with E-state index in [0.717, 1.165) is 5.69 Å². The molecule has 0 aromatic heterocycles. The number of carboxylic acids is 1. The minimum Gasteiger partial charge on any atom is -0.481 e. The molecule has 8 nitrogen and oxygen atoms in total. The van der Waals surface area contributed by atoms with E-state index in [1.165, 1.54) is 4.90 Å². The van der Waals surface area contributed by atoms with Crippen LogP contribution in [0.3, 0.4) is 0 Å². The molecule has 2 aliphatic heterocycles. The van der Waals surface area contributed by atoms with E-state index in [1.54, 1.807) is 18.2 Å². The van der Waals surface area contributed by atoms with Crippen molar-refractivity contribution in [3.8, 4) is 0 Å². The second-order valence-electron chi connectivity index (χ2n) is 6.67. The van der Waals surface area contributed by atoms with Crippen molar-refractivity contribution >= 4 is 40.9 Å². The minimum atomic E-state index is -1.19. The topological polar surface area (TPSA) is 110 Å². The number of aliphatic carboxylic acids is 1. The molecule has 140 valence electrons. The summed E-state index contributed by atoms with van der Waals surface area (Å²) >= 11 is 6.39. The first-order valence-electron chi connectivity index (χ1n) is 8.37. The Kier molecular flexibility index (Phi) is 5.06. The van der Waals surface area contributed by atoms with Gasteiger partial charge in [-0.2, -0.15) is 0 Å². The molecule has 1 aromatic carbocycles. The lowest BCUT2D eigenvalue weighted by Gasteiger charge is -2.39. The number of aliphatic hydroxyl groups is 1. The Morgan fingerprint density at radius 1 is 1.23 bits per heavy atom. The van der Waals surface area contributed by atoms with Crippen LogP contribution in [0.5, 0.6) is 0 Å². The zero-order valence-electron chi connectivity index (χ0n) is 14.1. The highest BCUT2D eigenvalue weighted by atomic mass is 35.5. The van der Waals surface area contributed by atoms with E-state index in [0.29, 0.717) is 43.2 Å². The average molecular weight is 382 g/mol. The lowest BCUT2D eigenvalue weighted by molar-refractivity contribution is -0.143. The summed E-state index contributed by atoms with van der Waals surface area (Å²) in [7, 11) is 0. The third kappa shape index (κ3) is 3.91. The van der Waals surface area contributed by atoms with E-state index in [9.17, 15) is 19.5 Å². The van der Waals surface area contributed by atoms with Crippen molar-refractivity contribution in [2.24, 2.45) is 0 Å². The van der Waals surface area contributed by atoms with Crippen LogP contribution in [-0.4, -0.2) is 53.4 Å². The van der Waals surface area contributed by atoms with Gasteiger partial charge < -0.3 is 15.1 Å². The Hall–Kier alpha value is -2.32. The Morgan fingerprint density at radius 2 is 1.92 bits per heavy atom. The number of hydrogen-bond acceptors (Lipinski definition) is 5. The number of carboxylic acid groups (broad SMARTS) is 1. The van der Waals surface area contributed by atoms with Gasteiger partial charge in [-0.3, -0.25) is 19.8 Å². The molecule has 0 unspecified atom stereocenters. The summed E-state index contributed by atoms with van der Waals surface area (Å²) in [4.78, 5) is 37.5. The molecule has 0 spiro atoms. The first kappa shape index (κ1) is 18.5. The molecule has 0 radical (unpaired) electrons. The maximum atomic E-state index is 11.9. The van der Waals surface area contributed by atoms with Crippen LogP contribution in [0.1, 0.15) is 25.7 Å². The van der Waals surface area contributed by atoms with Gasteiger partial charge in [0.25, 0.3) is 0 Å². The number of amides is 3. The first-order valence-corrected chi connectivity index (χ1v) is 8.75. The molecule has 3 amide bonds. The predicted molar refractivity (Wildman–Crippen MR) is 95.6 cm³/mol. The third-order valence-corrected chi connectivity index (χ3v) is 5.11. The van der Waals surface area contributed by atoms with Crippen LogP contribution in [0.2, 0.25) is 5.02 Å². The molecule has 2 fully saturated rings. The number of carbonyl (C=O) groups is 3. The van der Waals surface area contributed by atoms with E-state index in [4.69, 9.17) is 16.7 Å². The second-order valence-corrected chi connectivity index (χ2v) is 7.08. The van der Waals surface area contributed by atoms with Crippen molar-refractivity contribution in [1.82, 2.24) is 5.32 Å². The van der Waals surface area contributed by atoms with E-state index < -0.39 is 17.6 Å². The largest absolute Gasteiger partial charge is 0.481 e. The zero-order chi connectivity index (χ0) is 18.9. The highest BCUT2D eigenvalue weighted by Gasteiger charge is 2.35. The lowest BCUT2D eigenvalue weighted by atomic mass is 9.88. The Bertz CT molecular complexity index is 746. The van der Waals surface area contributed by atoms with Crippen molar-refractivity contribution in [3.05, 3.63) is 23.2 Å². The van der Waals surface area contributed by atoms with Gasteiger partial charge in [-0.25, -0.2) is 4.79 Å². The number of carbonyl (C=O) groups excluding carboxylic acids is 2. The first-order chi connectivity index (χ1) is 12.3. The molecule has 9 heteroatoms. The molecular formula is C17H20ClN3O5. The number of urea groups is 1. The van der Waals surface area contributed by atoms with Gasteiger partial charge in [-0.15, -0.1) is 0 Å². The number of anilines is 2. The van der Waals surface area contributed by atoms with Crippen molar-refractivity contribution < 1.29 is 24.6 Å². The summed E-state index contributed by atoms with van der Waals surface area (Å²) < 4.78 is 0. The molecule has 26 heavy (non-hydrogen) atoms. The van der Waals surface area contributed by atoms with Gasteiger partial charge in [0.1, 0.15) is 0 Å². The average Bonchev–Trinajstić information content (AvgIpc) is 2.55. The van der Waals surface area contributed by atoms with Crippen molar-refractivity contribution in [2.45, 2.75) is 31.3 Å². The van der Waals surface area contributed by atoms with E-state index in [2.05, 4.69) is 5.32 Å². The Balaban J connectivity index is 1.70. The van der Waals surface area contributed by atoms with Crippen LogP contribution in [0, 0.1) is 0 Å². The summed E-state index contributed by atoms with van der Waals surface area (Å²) in [6, 6.07) is 4.75. The third-order valence-electron chi connectivity index (χ3n) is 4.81. The molecule has 3 N–H and O–H groups in total. The van der Waals surface area contributed by atoms with Gasteiger partial charge in [0.05, 0.1) is 22.7 Å². The highest BCUT2D eigenvalue weighted by Crippen LogP contribution is 2.35. The molecule has 0 bridgehead atoms. The maximum Gasteiger partial charge on any atom is 0.328 e. The standard InChI is InChI=1S/C17H20ClN3O5/c18-12-9-11(21-6-3-14(22)19-16(21)25)1-2-13(12)20-7-4-17(26,5-8-20)10-15(23)24/h1-2,9,26H,3-8,10H2,(H,23,24)(H,19,22,25). The SMILES string of the molecule is O=C(O)CC1(O)CCN(c2ccc(N3CCC(=O)NC3=O)cc2Cl)CC1. The van der Waals surface area contributed by atoms with E-state index >= 15 is 0 Å². The summed E-state index contributed by atoms with van der Waals surface area (Å²) in [6.07, 6.45) is 0.651.